The Morgan fingerprint density at radius 3 is 2.80 bits per heavy atom. The third-order valence-corrected chi connectivity index (χ3v) is 3.74. The van der Waals surface area contributed by atoms with E-state index in [0.29, 0.717) is 17.8 Å². The van der Waals surface area contributed by atoms with E-state index in [1.54, 1.807) is 30.5 Å². The Hall–Kier alpha value is -2.30. The van der Waals surface area contributed by atoms with E-state index >= 15 is 0 Å². The number of aromatic nitrogens is 2. The van der Waals surface area contributed by atoms with Crippen molar-refractivity contribution in [3.63, 3.8) is 0 Å². The van der Waals surface area contributed by atoms with Crippen LogP contribution in [0.4, 0.5) is 5.69 Å². The molecule has 0 bridgehead atoms. The first kappa shape index (κ1) is 12.7. The zero-order chi connectivity index (χ0) is 13.9. The van der Waals surface area contributed by atoms with Crippen LogP contribution in [0.25, 0.3) is 0 Å². The van der Waals surface area contributed by atoms with Gasteiger partial charge < -0.3 is 10.6 Å². The largest absolute Gasteiger partial charge is 0.399 e. The molecule has 5 heteroatoms. The minimum Gasteiger partial charge on any atom is -0.399 e. The molecule has 1 aliphatic heterocycles. The van der Waals surface area contributed by atoms with Gasteiger partial charge in [0.2, 0.25) is 0 Å². The number of nitrogen functional groups attached to an aromatic ring is 1. The highest BCUT2D eigenvalue weighted by molar-refractivity contribution is 5.94. The van der Waals surface area contributed by atoms with E-state index in [1.165, 1.54) is 0 Å². The lowest BCUT2D eigenvalue weighted by Gasteiger charge is -2.33. The van der Waals surface area contributed by atoms with E-state index in [9.17, 15) is 4.79 Å². The maximum absolute atomic E-state index is 12.5. The molecule has 0 aliphatic carbocycles. The van der Waals surface area contributed by atoms with Crippen molar-refractivity contribution in [2.24, 2.45) is 0 Å². The number of amides is 1. The third-order valence-electron chi connectivity index (χ3n) is 3.74. The average molecular weight is 270 g/mol. The summed E-state index contributed by atoms with van der Waals surface area (Å²) in [6.45, 7) is 1.52. The van der Waals surface area contributed by atoms with Gasteiger partial charge in [0.1, 0.15) is 0 Å². The van der Waals surface area contributed by atoms with Crippen molar-refractivity contribution in [2.45, 2.75) is 18.9 Å². The minimum atomic E-state index is 0.0712. The molecule has 2 N–H and O–H groups in total. The summed E-state index contributed by atoms with van der Waals surface area (Å²) in [4.78, 5) is 14.4. The lowest BCUT2D eigenvalue weighted by Crippen LogP contribution is -2.40. The van der Waals surface area contributed by atoms with E-state index in [-0.39, 0.29) is 11.9 Å². The normalized spacial score (nSPS) is 19.0. The van der Waals surface area contributed by atoms with Gasteiger partial charge >= 0.3 is 0 Å². The first-order valence-electron chi connectivity index (χ1n) is 6.88. The predicted octanol–water partition coefficient (Wildman–Crippen LogP) is 1.94. The highest BCUT2D eigenvalue weighted by Gasteiger charge is 2.25. The van der Waals surface area contributed by atoms with Crippen molar-refractivity contribution in [3.8, 4) is 0 Å². The summed E-state index contributed by atoms with van der Waals surface area (Å²) in [6.07, 6.45) is 5.81. The van der Waals surface area contributed by atoms with Gasteiger partial charge in [-0.15, -0.1) is 0 Å². The Bertz CT molecular complexity index is 576. The van der Waals surface area contributed by atoms with Gasteiger partial charge in [0.05, 0.1) is 6.04 Å². The van der Waals surface area contributed by atoms with Gasteiger partial charge in [-0.3, -0.25) is 9.48 Å². The molecule has 0 saturated carbocycles. The van der Waals surface area contributed by atoms with E-state index in [1.807, 2.05) is 21.8 Å². The fourth-order valence-electron chi connectivity index (χ4n) is 2.66. The van der Waals surface area contributed by atoms with Crippen LogP contribution in [0.3, 0.4) is 0 Å². The van der Waals surface area contributed by atoms with Crippen molar-refractivity contribution in [1.82, 2.24) is 14.7 Å². The third kappa shape index (κ3) is 2.52. The van der Waals surface area contributed by atoms with Crippen LogP contribution < -0.4 is 5.73 Å². The Morgan fingerprint density at radius 1 is 1.30 bits per heavy atom. The van der Waals surface area contributed by atoms with E-state index in [2.05, 4.69) is 5.10 Å². The second-order valence-corrected chi connectivity index (χ2v) is 5.16. The summed E-state index contributed by atoms with van der Waals surface area (Å²) >= 11 is 0. The first-order valence-corrected chi connectivity index (χ1v) is 6.88. The molecule has 1 aromatic heterocycles. The van der Waals surface area contributed by atoms with Crippen LogP contribution in [0.5, 0.6) is 0 Å². The zero-order valence-electron chi connectivity index (χ0n) is 11.3. The topological polar surface area (TPSA) is 64.2 Å². The SMILES string of the molecule is Nc1ccc(C(=O)N2CCCC(n3cccn3)C2)cc1. The van der Waals surface area contributed by atoms with Gasteiger partial charge in [0.25, 0.3) is 5.91 Å². The van der Waals surface area contributed by atoms with Crippen molar-refractivity contribution in [2.75, 3.05) is 18.8 Å². The van der Waals surface area contributed by atoms with Gasteiger partial charge in [-0.05, 0) is 43.2 Å². The number of nitrogens with two attached hydrogens (primary N) is 1. The molecule has 1 amide bonds. The van der Waals surface area contributed by atoms with Gasteiger partial charge in [-0.25, -0.2) is 0 Å². The maximum atomic E-state index is 12.5. The Morgan fingerprint density at radius 2 is 2.10 bits per heavy atom. The number of piperidine rings is 1. The molecule has 104 valence electrons. The van der Waals surface area contributed by atoms with E-state index in [4.69, 9.17) is 5.73 Å². The number of nitrogens with zero attached hydrogens (tertiary/aromatic N) is 3. The highest BCUT2D eigenvalue weighted by Crippen LogP contribution is 2.22. The molecule has 1 saturated heterocycles. The van der Waals surface area contributed by atoms with Crippen LogP contribution in [0.15, 0.2) is 42.7 Å². The average Bonchev–Trinajstić information content (AvgIpc) is 3.02. The predicted molar refractivity (Wildman–Crippen MR) is 77.3 cm³/mol. The lowest BCUT2D eigenvalue weighted by atomic mass is 10.0. The fourth-order valence-corrected chi connectivity index (χ4v) is 2.66. The summed E-state index contributed by atoms with van der Waals surface area (Å²) < 4.78 is 1.95. The number of hydrogen-bond donors (Lipinski definition) is 1. The number of carbonyl (C=O) groups is 1. The molecule has 2 heterocycles. The second kappa shape index (κ2) is 5.36. The molecule has 2 aromatic rings. The standard InChI is InChI=1S/C15H18N4O/c16-13-6-4-12(5-7-13)15(20)18-9-1-3-14(11-18)19-10-2-8-17-19/h2,4-8,10,14H,1,3,9,11,16H2. The van der Waals surface area contributed by atoms with Crippen LogP contribution in [0.1, 0.15) is 29.2 Å². The van der Waals surface area contributed by atoms with E-state index < -0.39 is 0 Å². The number of likely N-dealkylation sites (tertiary alicyclic amines) is 1. The minimum absolute atomic E-state index is 0.0712. The number of hydrogen-bond acceptors (Lipinski definition) is 3. The maximum Gasteiger partial charge on any atom is 0.253 e. The molecular formula is C15H18N4O. The molecule has 1 atom stereocenters. The molecule has 1 unspecified atom stereocenters. The summed E-state index contributed by atoms with van der Waals surface area (Å²) in [5.41, 5.74) is 7.03. The van der Waals surface area contributed by atoms with Crippen molar-refractivity contribution < 1.29 is 4.79 Å². The fraction of sp³-hybridized carbons (Fsp3) is 0.333. The number of carbonyl (C=O) groups excluding carboxylic acids is 1. The first-order chi connectivity index (χ1) is 9.74. The Kier molecular flexibility index (Phi) is 3.41. The van der Waals surface area contributed by atoms with Gasteiger partial charge in [0, 0.05) is 36.7 Å². The van der Waals surface area contributed by atoms with E-state index in [0.717, 1.165) is 19.4 Å². The molecule has 20 heavy (non-hydrogen) atoms. The van der Waals surface area contributed by atoms with Crippen LogP contribution >= 0.6 is 0 Å². The monoisotopic (exact) mass is 270 g/mol. The van der Waals surface area contributed by atoms with Gasteiger partial charge in [-0.2, -0.15) is 5.10 Å². The lowest BCUT2D eigenvalue weighted by molar-refractivity contribution is 0.0673. The quantitative estimate of drug-likeness (QED) is 0.848. The number of benzene rings is 1. The second-order valence-electron chi connectivity index (χ2n) is 5.16. The summed E-state index contributed by atoms with van der Waals surface area (Å²) in [5.74, 6) is 0.0712. The Balaban J connectivity index is 1.73. The molecule has 5 nitrogen and oxygen atoms in total. The zero-order valence-corrected chi connectivity index (χ0v) is 11.3. The van der Waals surface area contributed by atoms with Crippen LogP contribution in [0.2, 0.25) is 0 Å². The van der Waals surface area contributed by atoms with Crippen molar-refractivity contribution >= 4 is 11.6 Å². The number of rotatable bonds is 2. The molecular weight excluding hydrogens is 252 g/mol. The Labute approximate surface area is 118 Å². The highest BCUT2D eigenvalue weighted by atomic mass is 16.2. The molecule has 1 aromatic carbocycles. The molecule has 0 radical (unpaired) electrons. The van der Waals surface area contributed by atoms with Crippen molar-refractivity contribution in [1.29, 1.82) is 0 Å². The van der Waals surface area contributed by atoms with Gasteiger partial charge in [0.15, 0.2) is 0 Å². The van der Waals surface area contributed by atoms with Crippen molar-refractivity contribution in [3.05, 3.63) is 48.3 Å². The van der Waals surface area contributed by atoms with Crippen LogP contribution in [0, 0.1) is 0 Å². The van der Waals surface area contributed by atoms with Crippen LogP contribution in [-0.4, -0.2) is 33.7 Å². The summed E-state index contributed by atoms with van der Waals surface area (Å²) in [6, 6.07) is 9.30. The van der Waals surface area contributed by atoms with Gasteiger partial charge in [-0.1, -0.05) is 0 Å². The molecule has 1 fully saturated rings. The summed E-state index contributed by atoms with van der Waals surface area (Å²) in [7, 11) is 0. The smallest absolute Gasteiger partial charge is 0.253 e. The van der Waals surface area contributed by atoms with Crippen LogP contribution in [-0.2, 0) is 0 Å². The molecule has 3 rings (SSSR count). The molecule has 1 aliphatic rings. The molecule has 0 spiro atoms. The summed E-state index contributed by atoms with van der Waals surface area (Å²) in [5, 5.41) is 4.28. The number of anilines is 1.